The summed E-state index contributed by atoms with van der Waals surface area (Å²) >= 11 is 5.14. The molecule has 1 rings (SSSR count). The van der Waals surface area contributed by atoms with Crippen molar-refractivity contribution in [2.75, 3.05) is 13.6 Å². The zero-order chi connectivity index (χ0) is 11.4. The molecule has 0 saturated heterocycles. The van der Waals surface area contributed by atoms with Gasteiger partial charge in [0.05, 0.1) is 9.62 Å². The number of halogens is 1. The van der Waals surface area contributed by atoms with Crippen LogP contribution in [0.3, 0.4) is 0 Å². The van der Waals surface area contributed by atoms with Crippen molar-refractivity contribution in [3.8, 4) is 0 Å². The van der Waals surface area contributed by atoms with Gasteiger partial charge in [0.2, 0.25) is 0 Å². The molecule has 1 atom stereocenters. The van der Waals surface area contributed by atoms with Gasteiger partial charge in [0, 0.05) is 19.0 Å². The lowest BCUT2D eigenvalue weighted by Gasteiger charge is -2.19. The highest BCUT2D eigenvalue weighted by atomic mass is 79.9. The Morgan fingerprint density at radius 1 is 1.73 bits per heavy atom. The SMILES string of the molecule is CC(CN(C)Cc1csc(Br)c1)C(=N)N. The van der Waals surface area contributed by atoms with Crippen LogP contribution in [0.25, 0.3) is 0 Å². The molecule has 0 saturated carbocycles. The van der Waals surface area contributed by atoms with Gasteiger partial charge in [0.15, 0.2) is 0 Å². The van der Waals surface area contributed by atoms with Gasteiger partial charge in [0.1, 0.15) is 0 Å². The molecule has 0 aliphatic rings. The Bertz CT molecular complexity index is 337. The van der Waals surface area contributed by atoms with E-state index in [1.165, 1.54) is 5.56 Å². The smallest absolute Gasteiger partial charge is 0.0947 e. The number of amidine groups is 1. The van der Waals surface area contributed by atoms with Crippen molar-refractivity contribution in [1.29, 1.82) is 5.41 Å². The molecule has 0 aliphatic heterocycles. The third-order valence-corrected chi connectivity index (χ3v) is 3.74. The van der Waals surface area contributed by atoms with Crippen molar-refractivity contribution < 1.29 is 0 Å². The van der Waals surface area contributed by atoms with Gasteiger partial charge in [-0.25, -0.2) is 0 Å². The highest BCUT2D eigenvalue weighted by Crippen LogP contribution is 2.21. The van der Waals surface area contributed by atoms with E-state index in [-0.39, 0.29) is 11.8 Å². The molecule has 0 bridgehead atoms. The summed E-state index contributed by atoms with van der Waals surface area (Å²) < 4.78 is 1.16. The molecule has 0 fully saturated rings. The van der Waals surface area contributed by atoms with E-state index in [0.717, 1.165) is 16.9 Å². The van der Waals surface area contributed by atoms with Crippen LogP contribution < -0.4 is 5.73 Å². The minimum absolute atomic E-state index is 0.122. The molecule has 5 heteroatoms. The average Bonchev–Trinajstić information content (AvgIpc) is 2.50. The molecule has 1 aromatic heterocycles. The van der Waals surface area contributed by atoms with Crippen LogP contribution >= 0.6 is 27.3 Å². The molecule has 1 unspecified atom stereocenters. The Balaban J connectivity index is 2.42. The van der Waals surface area contributed by atoms with Gasteiger partial charge in [-0.05, 0) is 40.0 Å². The lowest BCUT2D eigenvalue weighted by molar-refractivity contribution is 0.306. The second-order valence-electron chi connectivity index (χ2n) is 3.81. The Morgan fingerprint density at radius 3 is 2.87 bits per heavy atom. The van der Waals surface area contributed by atoms with E-state index < -0.39 is 0 Å². The largest absolute Gasteiger partial charge is 0.387 e. The van der Waals surface area contributed by atoms with Crippen LogP contribution in [0.4, 0.5) is 0 Å². The van der Waals surface area contributed by atoms with Crippen LogP contribution in [0.15, 0.2) is 15.2 Å². The van der Waals surface area contributed by atoms with E-state index in [9.17, 15) is 0 Å². The van der Waals surface area contributed by atoms with Crippen LogP contribution in [0.1, 0.15) is 12.5 Å². The zero-order valence-electron chi connectivity index (χ0n) is 8.96. The molecule has 3 N–H and O–H groups in total. The second-order valence-corrected chi connectivity index (χ2v) is 6.10. The minimum atomic E-state index is 0.122. The van der Waals surface area contributed by atoms with Crippen LogP contribution in [0.2, 0.25) is 0 Å². The predicted molar refractivity (Wildman–Crippen MR) is 69.4 cm³/mol. The highest BCUT2D eigenvalue weighted by molar-refractivity contribution is 9.11. The Morgan fingerprint density at radius 2 is 2.40 bits per heavy atom. The molecule has 0 spiro atoms. The number of nitrogens with zero attached hydrogens (tertiary/aromatic N) is 1. The topological polar surface area (TPSA) is 53.1 Å². The van der Waals surface area contributed by atoms with Crippen molar-refractivity contribution in [3.63, 3.8) is 0 Å². The molecule has 15 heavy (non-hydrogen) atoms. The van der Waals surface area contributed by atoms with Crippen LogP contribution in [0.5, 0.6) is 0 Å². The zero-order valence-corrected chi connectivity index (χ0v) is 11.4. The van der Waals surface area contributed by atoms with Crippen LogP contribution in [-0.2, 0) is 6.54 Å². The van der Waals surface area contributed by atoms with Gasteiger partial charge < -0.3 is 10.6 Å². The Kier molecular flexibility index (Phi) is 4.76. The van der Waals surface area contributed by atoms with E-state index in [0.29, 0.717) is 0 Å². The van der Waals surface area contributed by atoms with E-state index in [1.54, 1.807) is 11.3 Å². The molecular weight excluding hydrogens is 274 g/mol. The van der Waals surface area contributed by atoms with Crippen molar-refractivity contribution in [2.24, 2.45) is 11.7 Å². The molecule has 0 aromatic carbocycles. The summed E-state index contributed by atoms with van der Waals surface area (Å²) in [5, 5.41) is 9.46. The molecule has 0 aliphatic carbocycles. The summed E-state index contributed by atoms with van der Waals surface area (Å²) in [5.41, 5.74) is 6.73. The van der Waals surface area contributed by atoms with Gasteiger partial charge in [0.25, 0.3) is 0 Å². The monoisotopic (exact) mass is 289 g/mol. The van der Waals surface area contributed by atoms with E-state index in [2.05, 4.69) is 32.3 Å². The molecule has 1 heterocycles. The molecule has 84 valence electrons. The van der Waals surface area contributed by atoms with Crippen molar-refractivity contribution in [1.82, 2.24) is 4.90 Å². The standard InChI is InChI=1S/C10H16BrN3S/c1-7(10(12)13)4-14(2)5-8-3-9(11)15-6-8/h3,6-7H,4-5H2,1-2H3,(H3,12,13). The summed E-state index contributed by atoms with van der Waals surface area (Å²) in [4.78, 5) is 2.18. The summed E-state index contributed by atoms with van der Waals surface area (Å²) in [6.07, 6.45) is 0. The molecular formula is C10H16BrN3S. The summed E-state index contributed by atoms with van der Waals surface area (Å²) in [6, 6.07) is 2.12. The van der Waals surface area contributed by atoms with Crippen LogP contribution in [-0.4, -0.2) is 24.3 Å². The van der Waals surface area contributed by atoms with Gasteiger partial charge in [-0.2, -0.15) is 0 Å². The first-order valence-corrected chi connectivity index (χ1v) is 6.41. The number of nitrogens with two attached hydrogens (primary N) is 1. The van der Waals surface area contributed by atoms with Gasteiger partial charge in [-0.1, -0.05) is 6.92 Å². The highest BCUT2D eigenvalue weighted by Gasteiger charge is 2.09. The Hall–Kier alpha value is -0.390. The van der Waals surface area contributed by atoms with E-state index in [4.69, 9.17) is 11.1 Å². The summed E-state index contributed by atoms with van der Waals surface area (Å²) in [6.45, 7) is 3.70. The van der Waals surface area contributed by atoms with E-state index >= 15 is 0 Å². The Labute approximate surface area is 103 Å². The fraction of sp³-hybridized carbons (Fsp3) is 0.500. The normalized spacial score (nSPS) is 13.1. The third-order valence-electron chi connectivity index (χ3n) is 2.19. The van der Waals surface area contributed by atoms with Crippen molar-refractivity contribution >= 4 is 33.1 Å². The maximum atomic E-state index is 7.32. The first-order valence-electron chi connectivity index (χ1n) is 4.74. The lowest BCUT2D eigenvalue weighted by atomic mass is 10.1. The first-order chi connectivity index (χ1) is 6.99. The number of hydrogen-bond acceptors (Lipinski definition) is 3. The lowest BCUT2D eigenvalue weighted by Crippen LogP contribution is -2.31. The predicted octanol–water partition coefficient (Wildman–Crippen LogP) is 2.51. The maximum Gasteiger partial charge on any atom is 0.0947 e. The molecule has 3 nitrogen and oxygen atoms in total. The van der Waals surface area contributed by atoms with Gasteiger partial charge in [-0.3, -0.25) is 5.41 Å². The minimum Gasteiger partial charge on any atom is -0.387 e. The van der Waals surface area contributed by atoms with Gasteiger partial charge in [-0.15, -0.1) is 11.3 Å². The summed E-state index contributed by atoms with van der Waals surface area (Å²) in [5.74, 6) is 0.380. The number of nitrogens with one attached hydrogen (secondary N) is 1. The molecule has 1 aromatic rings. The quantitative estimate of drug-likeness (QED) is 0.646. The molecule has 0 radical (unpaired) electrons. The first kappa shape index (κ1) is 12.7. The maximum absolute atomic E-state index is 7.32. The van der Waals surface area contributed by atoms with Crippen molar-refractivity contribution in [2.45, 2.75) is 13.5 Å². The second kappa shape index (κ2) is 5.63. The fourth-order valence-corrected chi connectivity index (χ4v) is 2.57. The third kappa shape index (κ3) is 4.32. The van der Waals surface area contributed by atoms with E-state index in [1.807, 2.05) is 14.0 Å². The number of thiophene rings is 1. The van der Waals surface area contributed by atoms with Gasteiger partial charge >= 0.3 is 0 Å². The number of rotatable bonds is 5. The number of hydrogen-bond donors (Lipinski definition) is 2. The van der Waals surface area contributed by atoms with Crippen LogP contribution in [0, 0.1) is 11.3 Å². The van der Waals surface area contributed by atoms with Crippen molar-refractivity contribution in [3.05, 3.63) is 20.8 Å². The summed E-state index contributed by atoms with van der Waals surface area (Å²) in [7, 11) is 2.05. The average molecular weight is 290 g/mol. The molecule has 0 amide bonds. The fourth-order valence-electron chi connectivity index (χ4n) is 1.37.